The van der Waals surface area contributed by atoms with Crippen molar-refractivity contribution in [3.63, 3.8) is 0 Å². The van der Waals surface area contributed by atoms with Gasteiger partial charge in [-0.05, 0) is 44.8 Å². The van der Waals surface area contributed by atoms with Crippen LogP contribution in [0.25, 0.3) is 0 Å². The molecule has 0 radical (unpaired) electrons. The summed E-state index contributed by atoms with van der Waals surface area (Å²) in [6.45, 7) is 6.26. The minimum atomic E-state index is 0.196. The molecule has 0 aliphatic rings. The second-order valence-electron chi connectivity index (χ2n) is 5.09. The normalized spacial score (nSPS) is 11.3. The topological polar surface area (TPSA) is 35.9 Å². The van der Waals surface area contributed by atoms with E-state index in [1.807, 2.05) is 12.1 Å². The van der Waals surface area contributed by atoms with Crippen LogP contribution in [-0.2, 0) is 6.54 Å². The number of benzene rings is 1. The standard InChI is InChI=1S/C15H26N2O2/c1-5-8-17(10-9-16(2)3)12-13-6-7-14(18)15(11-13)19-4/h6-7,11,18H,5,8-10,12H2,1-4H3. The summed E-state index contributed by atoms with van der Waals surface area (Å²) in [5.74, 6) is 0.739. The van der Waals surface area contributed by atoms with Crippen molar-refractivity contribution in [3.05, 3.63) is 23.8 Å². The van der Waals surface area contributed by atoms with E-state index in [-0.39, 0.29) is 5.75 Å². The van der Waals surface area contributed by atoms with Crippen molar-refractivity contribution in [2.24, 2.45) is 0 Å². The van der Waals surface area contributed by atoms with Gasteiger partial charge in [0.1, 0.15) is 0 Å². The maximum atomic E-state index is 9.60. The van der Waals surface area contributed by atoms with Gasteiger partial charge in [-0.1, -0.05) is 13.0 Å². The molecule has 0 spiro atoms. The number of phenolic OH excluding ortho intramolecular Hbond substituents is 1. The highest BCUT2D eigenvalue weighted by Gasteiger charge is 2.08. The van der Waals surface area contributed by atoms with Crippen LogP contribution in [0, 0.1) is 0 Å². The first kappa shape index (κ1) is 15.8. The summed E-state index contributed by atoms with van der Waals surface area (Å²) in [6, 6.07) is 5.56. The molecule has 1 N–H and O–H groups in total. The minimum Gasteiger partial charge on any atom is -0.504 e. The fourth-order valence-electron chi connectivity index (χ4n) is 2.01. The first-order chi connectivity index (χ1) is 9.06. The van der Waals surface area contributed by atoms with Gasteiger partial charge in [-0.2, -0.15) is 0 Å². The van der Waals surface area contributed by atoms with E-state index in [9.17, 15) is 5.11 Å². The molecular weight excluding hydrogens is 240 g/mol. The number of nitrogens with zero attached hydrogens (tertiary/aromatic N) is 2. The Morgan fingerprint density at radius 2 is 1.89 bits per heavy atom. The van der Waals surface area contributed by atoms with Crippen LogP contribution in [0.4, 0.5) is 0 Å². The lowest BCUT2D eigenvalue weighted by atomic mass is 10.2. The van der Waals surface area contributed by atoms with Crippen molar-refractivity contribution in [1.29, 1.82) is 0 Å². The number of rotatable bonds is 8. The summed E-state index contributed by atoms with van der Waals surface area (Å²) in [4.78, 5) is 4.62. The van der Waals surface area contributed by atoms with E-state index >= 15 is 0 Å². The monoisotopic (exact) mass is 266 g/mol. The summed E-state index contributed by atoms with van der Waals surface area (Å²) in [6.07, 6.45) is 1.14. The molecule has 108 valence electrons. The Morgan fingerprint density at radius 3 is 2.47 bits per heavy atom. The number of methoxy groups -OCH3 is 1. The Morgan fingerprint density at radius 1 is 1.16 bits per heavy atom. The van der Waals surface area contributed by atoms with Crippen LogP contribution in [0.3, 0.4) is 0 Å². The summed E-state index contributed by atoms with van der Waals surface area (Å²) in [5, 5.41) is 9.60. The predicted octanol–water partition coefficient (Wildman–Crippen LogP) is 2.17. The van der Waals surface area contributed by atoms with E-state index < -0.39 is 0 Å². The van der Waals surface area contributed by atoms with E-state index in [1.165, 1.54) is 5.56 Å². The molecule has 0 amide bonds. The average molecular weight is 266 g/mol. The molecule has 4 heteroatoms. The predicted molar refractivity (Wildman–Crippen MR) is 78.8 cm³/mol. The smallest absolute Gasteiger partial charge is 0.160 e. The Bertz CT molecular complexity index is 380. The minimum absolute atomic E-state index is 0.196. The van der Waals surface area contributed by atoms with E-state index in [0.29, 0.717) is 5.75 Å². The Labute approximate surface area is 116 Å². The number of likely N-dealkylation sites (N-methyl/N-ethyl adjacent to an activating group) is 1. The lowest BCUT2D eigenvalue weighted by Crippen LogP contribution is -2.32. The molecule has 0 saturated heterocycles. The van der Waals surface area contributed by atoms with Gasteiger partial charge in [0.05, 0.1) is 7.11 Å². The van der Waals surface area contributed by atoms with Gasteiger partial charge in [-0.3, -0.25) is 4.90 Å². The van der Waals surface area contributed by atoms with Crippen molar-refractivity contribution < 1.29 is 9.84 Å². The summed E-state index contributed by atoms with van der Waals surface area (Å²) in [7, 11) is 5.76. The van der Waals surface area contributed by atoms with Crippen LogP contribution in [-0.4, -0.2) is 55.7 Å². The van der Waals surface area contributed by atoms with Crippen LogP contribution in [0.15, 0.2) is 18.2 Å². The number of hydrogen-bond donors (Lipinski definition) is 1. The fourth-order valence-corrected chi connectivity index (χ4v) is 2.01. The highest BCUT2D eigenvalue weighted by atomic mass is 16.5. The van der Waals surface area contributed by atoms with Gasteiger partial charge in [0.25, 0.3) is 0 Å². The van der Waals surface area contributed by atoms with Gasteiger partial charge < -0.3 is 14.7 Å². The third-order valence-electron chi connectivity index (χ3n) is 3.05. The second kappa shape index (κ2) is 8.02. The zero-order chi connectivity index (χ0) is 14.3. The second-order valence-corrected chi connectivity index (χ2v) is 5.09. The molecule has 0 atom stereocenters. The number of phenols is 1. The molecule has 0 unspecified atom stereocenters. The van der Waals surface area contributed by atoms with Gasteiger partial charge >= 0.3 is 0 Å². The number of hydrogen-bond acceptors (Lipinski definition) is 4. The van der Waals surface area contributed by atoms with Gasteiger partial charge in [0.15, 0.2) is 11.5 Å². The third-order valence-corrected chi connectivity index (χ3v) is 3.05. The van der Waals surface area contributed by atoms with Gasteiger partial charge in [0.2, 0.25) is 0 Å². The van der Waals surface area contributed by atoms with E-state index in [2.05, 4.69) is 30.8 Å². The van der Waals surface area contributed by atoms with Crippen molar-refractivity contribution in [1.82, 2.24) is 9.80 Å². The lowest BCUT2D eigenvalue weighted by molar-refractivity contribution is 0.233. The van der Waals surface area contributed by atoms with Crippen LogP contribution in [0.5, 0.6) is 11.5 Å². The van der Waals surface area contributed by atoms with Crippen molar-refractivity contribution >= 4 is 0 Å². The molecule has 0 saturated carbocycles. The van der Waals surface area contributed by atoms with Crippen molar-refractivity contribution in [2.75, 3.05) is 40.8 Å². The highest BCUT2D eigenvalue weighted by molar-refractivity contribution is 5.41. The van der Waals surface area contributed by atoms with Crippen LogP contribution in [0.2, 0.25) is 0 Å². The molecule has 1 aromatic rings. The SMILES string of the molecule is CCCN(CCN(C)C)Cc1ccc(O)c(OC)c1. The molecule has 4 nitrogen and oxygen atoms in total. The molecule has 0 aliphatic heterocycles. The zero-order valence-electron chi connectivity index (χ0n) is 12.5. The maximum Gasteiger partial charge on any atom is 0.160 e. The molecule has 0 fully saturated rings. The van der Waals surface area contributed by atoms with E-state index in [0.717, 1.165) is 32.6 Å². The number of ether oxygens (including phenoxy) is 1. The summed E-state index contributed by atoms with van der Waals surface area (Å²) in [5.41, 5.74) is 1.17. The molecule has 1 aromatic carbocycles. The fraction of sp³-hybridized carbons (Fsp3) is 0.600. The molecule has 1 rings (SSSR count). The Balaban J connectivity index is 2.67. The van der Waals surface area contributed by atoms with Crippen LogP contribution in [0.1, 0.15) is 18.9 Å². The van der Waals surface area contributed by atoms with Crippen molar-refractivity contribution in [3.8, 4) is 11.5 Å². The Hall–Kier alpha value is -1.26. The van der Waals surface area contributed by atoms with Crippen molar-refractivity contribution in [2.45, 2.75) is 19.9 Å². The molecule has 19 heavy (non-hydrogen) atoms. The average Bonchev–Trinajstić information content (AvgIpc) is 2.38. The Kier molecular flexibility index (Phi) is 6.67. The first-order valence-corrected chi connectivity index (χ1v) is 6.79. The van der Waals surface area contributed by atoms with E-state index in [1.54, 1.807) is 13.2 Å². The quantitative estimate of drug-likeness (QED) is 0.782. The third kappa shape index (κ3) is 5.49. The zero-order valence-corrected chi connectivity index (χ0v) is 12.5. The van der Waals surface area contributed by atoms with Gasteiger partial charge in [-0.15, -0.1) is 0 Å². The molecule has 0 heterocycles. The van der Waals surface area contributed by atoms with Crippen LogP contribution >= 0.6 is 0 Å². The van der Waals surface area contributed by atoms with Gasteiger partial charge in [-0.25, -0.2) is 0 Å². The summed E-state index contributed by atoms with van der Waals surface area (Å²) >= 11 is 0. The largest absolute Gasteiger partial charge is 0.504 e. The maximum absolute atomic E-state index is 9.60. The molecule has 0 aliphatic carbocycles. The van der Waals surface area contributed by atoms with Crippen LogP contribution < -0.4 is 4.74 Å². The molecular formula is C15H26N2O2. The highest BCUT2D eigenvalue weighted by Crippen LogP contribution is 2.26. The summed E-state index contributed by atoms with van der Waals surface area (Å²) < 4.78 is 5.15. The van der Waals surface area contributed by atoms with Gasteiger partial charge in [0, 0.05) is 19.6 Å². The van der Waals surface area contributed by atoms with E-state index in [4.69, 9.17) is 4.74 Å². The molecule has 0 aromatic heterocycles. The molecule has 0 bridgehead atoms. The first-order valence-electron chi connectivity index (χ1n) is 6.79. The lowest BCUT2D eigenvalue weighted by Gasteiger charge is -2.23. The number of aromatic hydroxyl groups is 1.